The summed E-state index contributed by atoms with van der Waals surface area (Å²) < 4.78 is 27.6. The maximum atomic E-state index is 12.9. The van der Waals surface area contributed by atoms with Crippen molar-refractivity contribution in [1.29, 1.82) is 0 Å². The number of sulfonamides is 1. The fraction of sp³-hybridized carbons (Fsp3) is 0.600. The van der Waals surface area contributed by atoms with Crippen molar-refractivity contribution >= 4 is 15.7 Å². The third-order valence-electron chi connectivity index (χ3n) is 4.32. The van der Waals surface area contributed by atoms with Gasteiger partial charge in [0.1, 0.15) is 0 Å². The van der Waals surface area contributed by atoms with E-state index in [1.54, 1.807) is 4.31 Å². The zero-order valence-corrected chi connectivity index (χ0v) is 12.7. The molecule has 1 N–H and O–H groups in total. The Bertz CT molecular complexity index is 579. The van der Waals surface area contributed by atoms with Gasteiger partial charge in [0, 0.05) is 6.54 Å². The number of piperidine rings is 1. The van der Waals surface area contributed by atoms with E-state index in [9.17, 15) is 8.42 Å². The Balaban J connectivity index is 1.96. The number of rotatable bonds is 2. The van der Waals surface area contributed by atoms with E-state index in [2.05, 4.69) is 18.3 Å². The average molecular weight is 294 g/mol. The van der Waals surface area contributed by atoms with Gasteiger partial charge in [-0.05, 0) is 49.9 Å². The first-order chi connectivity index (χ1) is 9.59. The molecule has 110 valence electrons. The Labute approximate surface area is 121 Å². The van der Waals surface area contributed by atoms with Crippen molar-refractivity contribution in [3.05, 3.63) is 29.8 Å². The molecule has 0 aromatic heterocycles. The molecule has 1 aromatic rings. The summed E-state index contributed by atoms with van der Waals surface area (Å²) >= 11 is 0. The molecule has 4 nitrogen and oxygen atoms in total. The molecule has 1 aromatic carbocycles. The Kier molecular flexibility index (Phi) is 3.73. The Hall–Kier alpha value is -1.07. The fourth-order valence-corrected chi connectivity index (χ4v) is 5.37. The SMILES string of the molecule is CC1Cc2ccccc2N(S(=O)(=O)C2CCNCC2)C1. The lowest BCUT2D eigenvalue weighted by Gasteiger charge is -2.37. The van der Waals surface area contributed by atoms with Crippen LogP contribution >= 0.6 is 0 Å². The molecular weight excluding hydrogens is 272 g/mol. The van der Waals surface area contributed by atoms with Crippen LogP contribution in [0.2, 0.25) is 0 Å². The van der Waals surface area contributed by atoms with E-state index in [1.807, 2.05) is 18.2 Å². The van der Waals surface area contributed by atoms with Crippen molar-refractivity contribution < 1.29 is 8.42 Å². The molecule has 2 aliphatic rings. The number of nitrogens with one attached hydrogen (secondary N) is 1. The molecule has 1 atom stereocenters. The number of hydrogen-bond donors (Lipinski definition) is 1. The van der Waals surface area contributed by atoms with Crippen LogP contribution in [0.5, 0.6) is 0 Å². The van der Waals surface area contributed by atoms with Crippen molar-refractivity contribution in [2.45, 2.75) is 31.4 Å². The van der Waals surface area contributed by atoms with Crippen molar-refractivity contribution in [3.8, 4) is 0 Å². The molecule has 2 aliphatic heterocycles. The lowest BCUT2D eigenvalue weighted by atomic mass is 9.96. The quantitative estimate of drug-likeness (QED) is 0.904. The molecule has 3 rings (SSSR count). The van der Waals surface area contributed by atoms with Crippen LogP contribution in [0.1, 0.15) is 25.3 Å². The van der Waals surface area contributed by atoms with Crippen LogP contribution in [0.15, 0.2) is 24.3 Å². The normalized spacial score (nSPS) is 24.4. The van der Waals surface area contributed by atoms with Gasteiger partial charge in [-0.1, -0.05) is 25.1 Å². The van der Waals surface area contributed by atoms with Gasteiger partial charge in [-0.3, -0.25) is 4.31 Å². The van der Waals surface area contributed by atoms with E-state index in [4.69, 9.17) is 0 Å². The first-order valence-corrected chi connectivity index (χ1v) is 8.89. The van der Waals surface area contributed by atoms with E-state index >= 15 is 0 Å². The average Bonchev–Trinajstić information content (AvgIpc) is 2.47. The molecule has 20 heavy (non-hydrogen) atoms. The van der Waals surface area contributed by atoms with Gasteiger partial charge in [-0.2, -0.15) is 0 Å². The van der Waals surface area contributed by atoms with Gasteiger partial charge >= 0.3 is 0 Å². The van der Waals surface area contributed by atoms with Crippen LogP contribution in [0, 0.1) is 5.92 Å². The molecule has 0 spiro atoms. The van der Waals surface area contributed by atoms with Crippen LogP contribution in [-0.4, -0.2) is 33.3 Å². The van der Waals surface area contributed by atoms with Gasteiger partial charge in [0.15, 0.2) is 0 Å². The lowest BCUT2D eigenvalue weighted by Crippen LogP contribution is -2.47. The topological polar surface area (TPSA) is 49.4 Å². The van der Waals surface area contributed by atoms with E-state index in [0.29, 0.717) is 12.5 Å². The van der Waals surface area contributed by atoms with Gasteiger partial charge in [0.05, 0.1) is 10.9 Å². The summed E-state index contributed by atoms with van der Waals surface area (Å²) in [7, 11) is -3.24. The largest absolute Gasteiger partial charge is 0.317 e. The maximum Gasteiger partial charge on any atom is 0.238 e. The monoisotopic (exact) mass is 294 g/mol. The molecular formula is C15H22N2O2S. The van der Waals surface area contributed by atoms with Gasteiger partial charge in [0.2, 0.25) is 10.0 Å². The van der Waals surface area contributed by atoms with Crippen LogP contribution in [0.3, 0.4) is 0 Å². The summed E-state index contributed by atoms with van der Waals surface area (Å²) in [5, 5.41) is 3.00. The van der Waals surface area contributed by atoms with E-state index in [1.165, 1.54) is 0 Å². The minimum Gasteiger partial charge on any atom is -0.317 e. The second kappa shape index (κ2) is 5.37. The fourth-order valence-electron chi connectivity index (χ4n) is 3.26. The summed E-state index contributed by atoms with van der Waals surface area (Å²) in [6.45, 7) is 4.34. The number of hydrogen-bond acceptors (Lipinski definition) is 3. The molecule has 0 amide bonds. The lowest BCUT2D eigenvalue weighted by molar-refractivity contribution is 0.486. The number of anilines is 1. The molecule has 0 radical (unpaired) electrons. The minimum absolute atomic E-state index is 0.234. The molecule has 1 unspecified atom stereocenters. The van der Waals surface area contributed by atoms with E-state index in [-0.39, 0.29) is 5.25 Å². The molecule has 0 saturated carbocycles. The first kappa shape index (κ1) is 13.9. The Morgan fingerprint density at radius 1 is 1.20 bits per heavy atom. The minimum atomic E-state index is -3.24. The zero-order chi connectivity index (χ0) is 14.2. The van der Waals surface area contributed by atoms with Gasteiger partial charge < -0.3 is 5.32 Å². The van der Waals surface area contributed by atoms with Crippen molar-refractivity contribution in [2.24, 2.45) is 5.92 Å². The standard InChI is InChI=1S/C15H22N2O2S/c1-12-10-13-4-2-3-5-15(13)17(11-12)20(18,19)14-6-8-16-9-7-14/h2-5,12,14,16H,6-11H2,1H3. The summed E-state index contributed by atoms with van der Waals surface area (Å²) in [5.41, 5.74) is 2.05. The van der Waals surface area contributed by atoms with E-state index < -0.39 is 10.0 Å². The number of para-hydroxylation sites is 1. The van der Waals surface area contributed by atoms with Crippen LogP contribution in [0.4, 0.5) is 5.69 Å². The van der Waals surface area contributed by atoms with Crippen LogP contribution in [0.25, 0.3) is 0 Å². The molecule has 5 heteroatoms. The first-order valence-electron chi connectivity index (χ1n) is 7.39. The van der Waals surface area contributed by atoms with Crippen LogP contribution in [-0.2, 0) is 16.4 Å². The molecule has 1 fully saturated rings. The summed E-state index contributed by atoms with van der Waals surface area (Å²) in [5.74, 6) is 0.376. The smallest absolute Gasteiger partial charge is 0.238 e. The molecule has 2 heterocycles. The Morgan fingerprint density at radius 2 is 1.90 bits per heavy atom. The van der Waals surface area contributed by atoms with Crippen molar-refractivity contribution in [1.82, 2.24) is 5.32 Å². The van der Waals surface area contributed by atoms with E-state index in [0.717, 1.165) is 43.6 Å². The maximum absolute atomic E-state index is 12.9. The number of fused-ring (bicyclic) bond motifs is 1. The van der Waals surface area contributed by atoms with Gasteiger partial charge in [-0.25, -0.2) is 8.42 Å². The summed E-state index contributed by atoms with van der Waals surface area (Å²) in [6, 6.07) is 7.92. The highest BCUT2D eigenvalue weighted by molar-refractivity contribution is 7.93. The highest BCUT2D eigenvalue weighted by atomic mass is 32.2. The molecule has 0 aliphatic carbocycles. The molecule has 1 saturated heterocycles. The van der Waals surface area contributed by atoms with Gasteiger partial charge in [-0.15, -0.1) is 0 Å². The highest BCUT2D eigenvalue weighted by Gasteiger charge is 2.36. The zero-order valence-electron chi connectivity index (χ0n) is 11.9. The second-order valence-electron chi connectivity index (χ2n) is 5.96. The summed E-state index contributed by atoms with van der Waals surface area (Å²) in [4.78, 5) is 0. The van der Waals surface area contributed by atoms with Gasteiger partial charge in [0.25, 0.3) is 0 Å². The third kappa shape index (κ3) is 2.44. The predicted molar refractivity (Wildman–Crippen MR) is 81.5 cm³/mol. The predicted octanol–water partition coefficient (Wildman–Crippen LogP) is 1.77. The third-order valence-corrected chi connectivity index (χ3v) is 6.59. The van der Waals surface area contributed by atoms with Crippen molar-refractivity contribution in [3.63, 3.8) is 0 Å². The van der Waals surface area contributed by atoms with Crippen molar-refractivity contribution in [2.75, 3.05) is 23.9 Å². The highest BCUT2D eigenvalue weighted by Crippen LogP contribution is 2.33. The van der Waals surface area contributed by atoms with Crippen LogP contribution < -0.4 is 9.62 Å². The summed E-state index contributed by atoms with van der Waals surface area (Å²) in [6.07, 6.45) is 2.40. The number of benzene rings is 1. The Morgan fingerprint density at radius 3 is 2.65 bits per heavy atom. The number of nitrogens with zero attached hydrogens (tertiary/aromatic N) is 1. The second-order valence-corrected chi connectivity index (χ2v) is 8.10. The molecule has 0 bridgehead atoms.